The van der Waals surface area contributed by atoms with E-state index in [9.17, 15) is 9.59 Å². The van der Waals surface area contributed by atoms with E-state index in [1.54, 1.807) is 4.90 Å². The summed E-state index contributed by atoms with van der Waals surface area (Å²) in [7, 11) is 0. The molecule has 3 N–H and O–H groups in total. The summed E-state index contributed by atoms with van der Waals surface area (Å²) < 4.78 is 0. The number of amides is 3. The molecule has 164 valence electrons. The minimum Gasteiger partial charge on any atom is -0.369 e. The number of piperazine rings is 1. The van der Waals surface area contributed by atoms with Gasteiger partial charge in [0.05, 0.1) is 5.92 Å². The molecule has 0 radical (unpaired) electrons. The Kier molecular flexibility index (Phi) is 6.72. The summed E-state index contributed by atoms with van der Waals surface area (Å²) in [6.07, 6.45) is 1.58. The average Bonchev–Trinajstić information content (AvgIpc) is 2.81. The van der Waals surface area contributed by atoms with Gasteiger partial charge in [0, 0.05) is 57.2 Å². The number of nitrogens with one attached hydrogen (secondary N) is 1. The van der Waals surface area contributed by atoms with Crippen LogP contribution in [0.15, 0.2) is 54.6 Å². The van der Waals surface area contributed by atoms with Crippen LogP contribution in [0.5, 0.6) is 0 Å². The predicted octanol–water partition coefficient (Wildman–Crippen LogP) is 2.74. The van der Waals surface area contributed by atoms with Crippen molar-refractivity contribution in [2.24, 2.45) is 11.7 Å². The molecule has 3 amide bonds. The second kappa shape index (κ2) is 9.83. The molecule has 4 rings (SSSR count). The fourth-order valence-electron chi connectivity index (χ4n) is 4.40. The van der Waals surface area contributed by atoms with Gasteiger partial charge >= 0.3 is 6.03 Å². The number of hydrogen-bond acceptors (Lipinski definition) is 4. The molecule has 0 aromatic heterocycles. The number of anilines is 2. The second-order valence-corrected chi connectivity index (χ2v) is 8.41. The number of likely N-dealkylation sites (tertiary alicyclic amines) is 1. The molecule has 2 aromatic carbocycles. The van der Waals surface area contributed by atoms with Crippen molar-refractivity contribution in [2.45, 2.75) is 19.4 Å². The molecule has 7 nitrogen and oxygen atoms in total. The monoisotopic (exact) mass is 421 g/mol. The van der Waals surface area contributed by atoms with E-state index in [0.717, 1.165) is 51.3 Å². The highest BCUT2D eigenvalue weighted by atomic mass is 16.2. The highest BCUT2D eigenvalue weighted by Crippen LogP contribution is 2.22. The van der Waals surface area contributed by atoms with Gasteiger partial charge in [-0.2, -0.15) is 0 Å². The number of benzene rings is 2. The molecule has 0 saturated carbocycles. The van der Waals surface area contributed by atoms with Gasteiger partial charge < -0.3 is 20.9 Å². The quantitative estimate of drug-likeness (QED) is 0.778. The first-order valence-corrected chi connectivity index (χ1v) is 11.0. The van der Waals surface area contributed by atoms with E-state index >= 15 is 0 Å². The van der Waals surface area contributed by atoms with Crippen LogP contribution in [0, 0.1) is 5.92 Å². The third-order valence-corrected chi connectivity index (χ3v) is 6.23. The van der Waals surface area contributed by atoms with Crippen LogP contribution >= 0.6 is 0 Å². The Bertz CT molecular complexity index is 879. The Balaban J connectivity index is 1.27. The van der Waals surface area contributed by atoms with Gasteiger partial charge in [0.25, 0.3) is 0 Å². The number of carbonyl (C=O) groups is 2. The summed E-state index contributed by atoms with van der Waals surface area (Å²) in [5.74, 6) is -0.258. The summed E-state index contributed by atoms with van der Waals surface area (Å²) in [4.78, 5) is 30.4. The maximum atomic E-state index is 12.6. The molecule has 2 fully saturated rings. The molecule has 2 saturated heterocycles. The van der Waals surface area contributed by atoms with Crippen molar-refractivity contribution in [1.29, 1.82) is 0 Å². The number of piperidine rings is 1. The average molecular weight is 422 g/mol. The summed E-state index contributed by atoms with van der Waals surface area (Å²) in [6, 6.07) is 18.2. The van der Waals surface area contributed by atoms with Gasteiger partial charge in [0.15, 0.2) is 0 Å². The molecule has 0 bridgehead atoms. The number of carbonyl (C=O) groups excluding carboxylic acids is 2. The maximum Gasteiger partial charge on any atom is 0.314 e. The molecule has 0 aliphatic carbocycles. The standard InChI is InChI=1S/C24H31N5O2/c25-24(31)29-12-4-7-20(18-29)23(30)26-21-8-10-22(11-9-21)28-15-13-27(14-16-28)17-19-5-2-1-3-6-19/h1-3,5-6,8-11,20H,4,7,12-18H2,(H2,25,31)(H,26,30). The Labute approximate surface area is 183 Å². The summed E-state index contributed by atoms with van der Waals surface area (Å²) >= 11 is 0. The molecule has 7 heteroatoms. The summed E-state index contributed by atoms with van der Waals surface area (Å²) in [5, 5.41) is 2.99. The highest BCUT2D eigenvalue weighted by molar-refractivity contribution is 5.93. The third kappa shape index (κ3) is 5.55. The van der Waals surface area contributed by atoms with Crippen molar-refractivity contribution in [3.8, 4) is 0 Å². The molecular formula is C24H31N5O2. The summed E-state index contributed by atoms with van der Waals surface area (Å²) in [6.45, 7) is 6.07. The van der Waals surface area contributed by atoms with Crippen molar-refractivity contribution < 1.29 is 9.59 Å². The third-order valence-electron chi connectivity index (χ3n) is 6.23. The Morgan fingerprint density at radius 3 is 2.32 bits per heavy atom. The molecule has 31 heavy (non-hydrogen) atoms. The number of nitrogens with zero attached hydrogens (tertiary/aromatic N) is 3. The van der Waals surface area contributed by atoms with Crippen LogP contribution < -0.4 is 16.0 Å². The van der Waals surface area contributed by atoms with Gasteiger partial charge in [0.2, 0.25) is 5.91 Å². The van der Waals surface area contributed by atoms with E-state index in [1.807, 2.05) is 12.1 Å². The number of primary amides is 1. The highest BCUT2D eigenvalue weighted by Gasteiger charge is 2.27. The first-order valence-electron chi connectivity index (χ1n) is 11.0. The fourth-order valence-corrected chi connectivity index (χ4v) is 4.40. The van der Waals surface area contributed by atoms with Gasteiger partial charge in [-0.1, -0.05) is 30.3 Å². The van der Waals surface area contributed by atoms with Crippen LogP contribution in [0.1, 0.15) is 18.4 Å². The van der Waals surface area contributed by atoms with Crippen LogP contribution in [0.25, 0.3) is 0 Å². The predicted molar refractivity (Wildman–Crippen MR) is 123 cm³/mol. The zero-order valence-corrected chi connectivity index (χ0v) is 17.9. The first-order chi connectivity index (χ1) is 15.1. The Hall–Kier alpha value is -3.06. The lowest BCUT2D eigenvalue weighted by Gasteiger charge is -2.36. The SMILES string of the molecule is NC(=O)N1CCCC(C(=O)Nc2ccc(N3CCN(Cc4ccccc4)CC3)cc2)C1. The van der Waals surface area contributed by atoms with E-state index in [2.05, 4.69) is 57.6 Å². The van der Waals surface area contributed by atoms with Gasteiger partial charge in [-0.05, 0) is 42.7 Å². The van der Waals surface area contributed by atoms with E-state index in [4.69, 9.17) is 5.73 Å². The van der Waals surface area contributed by atoms with Crippen molar-refractivity contribution in [2.75, 3.05) is 49.5 Å². The lowest BCUT2D eigenvalue weighted by Crippen LogP contribution is -2.46. The van der Waals surface area contributed by atoms with Gasteiger partial charge in [-0.25, -0.2) is 4.79 Å². The molecule has 1 atom stereocenters. The van der Waals surface area contributed by atoms with Crippen LogP contribution in [-0.4, -0.2) is 61.0 Å². The van der Waals surface area contributed by atoms with E-state index in [1.165, 1.54) is 11.3 Å². The lowest BCUT2D eigenvalue weighted by atomic mass is 9.97. The summed E-state index contributed by atoms with van der Waals surface area (Å²) in [5.41, 5.74) is 8.68. The number of hydrogen-bond donors (Lipinski definition) is 2. The maximum absolute atomic E-state index is 12.6. The van der Waals surface area contributed by atoms with E-state index in [-0.39, 0.29) is 11.8 Å². The smallest absolute Gasteiger partial charge is 0.314 e. The largest absolute Gasteiger partial charge is 0.369 e. The van der Waals surface area contributed by atoms with E-state index < -0.39 is 6.03 Å². The van der Waals surface area contributed by atoms with Crippen LogP contribution in [-0.2, 0) is 11.3 Å². The fraction of sp³-hybridized carbons (Fsp3) is 0.417. The molecule has 0 spiro atoms. The number of rotatable bonds is 5. The molecule has 2 aliphatic rings. The van der Waals surface area contributed by atoms with Gasteiger partial charge in [-0.15, -0.1) is 0 Å². The van der Waals surface area contributed by atoms with Crippen LogP contribution in [0.2, 0.25) is 0 Å². The van der Waals surface area contributed by atoms with Crippen molar-refractivity contribution in [3.05, 3.63) is 60.2 Å². The number of urea groups is 1. The van der Waals surface area contributed by atoms with Crippen molar-refractivity contribution >= 4 is 23.3 Å². The van der Waals surface area contributed by atoms with Gasteiger partial charge in [-0.3, -0.25) is 9.69 Å². The molecule has 2 aromatic rings. The van der Waals surface area contributed by atoms with Gasteiger partial charge in [0.1, 0.15) is 0 Å². The second-order valence-electron chi connectivity index (χ2n) is 8.41. The minimum atomic E-state index is -0.453. The molecule has 2 heterocycles. The molecular weight excluding hydrogens is 390 g/mol. The normalized spacial score (nSPS) is 19.8. The van der Waals surface area contributed by atoms with E-state index in [0.29, 0.717) is 13.1 Å². The minimum absolute atomic E-state index is 0.0479. The first kappa shape index (κ1) is 21.2. The zero-order chi connectivity index (χ0) is 21.6. The van der Waals surface area contributed by atoms with Crippen molar-refractivity contribution in [1.82, 2.24) is 9.80 Å². The van der Waals surface area contributed by atoms with Crippen LogP contribution in [0.3, 0.4) is 0 Å². The van der Waals surface area contributed by atoms with Crippen molar-refractivity contribution in [3.63, 3.8) is 0 Å². The van der Waals surface area contributed by atoms with Crippen LogP contribution in [0.4, 0.5) is 16.2 Å². The Morgan fingerprint density at radius 1 is 0.935 bits per heavy atom. The Morgan fingerprint density at radius 2 is 1.65 bits per heavy atom. The number of nitrogens with two attached hydrogens (primary N) is 1. The topological polar surface area (TPSA) is 81.9 Å². The molecule has 1 unspecified atom stereocenters. The lowest BCUT2D eigenvalue weighted by molar-refractivity contribution is -0.121. The molecule has 2 aliphatic heterocycles. The zero-order valence-electron chi connectivity index (χ0n) is 17.9.